The van der Waals surface area contributed by atoms with E-state index in [-0.39, 0.29) is 11.7 Å². The monoisotopic (exact) mass is 361 g/mol. The fraction of sp³-hybridized carbons (Fsp3) is 0.474. The highest BCUT2D eigenvalue weighted by Gasteiger charge is 2.41. The lowest BCUT2D eigenvalue weighted by Crippen LogP contribution is -2.24. The van der Waals surface area contributed by atoms with Gasteiger partial charge in [-0.15, -0.1) is 0 Å². The topological polar surface area (TPSA) is 56.2 Å². The van der Waals surface area contributed by atoms with Crippen molar-refractivity contribution in [1.82, 2.24) is 9.78 Å². The van der Waals surface area contributed by atoms with E-state index in [1.165, 1.54) is 37.2 Å². The standard InChI is InChI=1S/C19H21F2N3O2/c1-24-10-13(17(23-24)18(20)21)19(25)22-14-4-2-3-5-15(14)26-16-9-11-6-7-12(16)8-11/h2-5,10-12,16,18H,6-9H2,1H3,(H,22,25). The summed E-state index contributed by atoms with van der Waals surface area (Å²) in [7, 11) is 1.51. The van der Waals surface area contributed by atoms with E-state index in [2.05, 4.69) is 10.4 Å². The van der Waals surface area contributed by atoms with Gasteiger partial charge in [-0.25, -0.2) is 8.78 Å². The average Bonchev–Trinajstić information content (AvgIpc) is 3.31. The van der Waals surface area contributed by atoms with Gasteiger partial charge in [0.2, 0.25) is 0 Å². The first-order valence-corrected chi connectivity index (χ1v) is 8.90. The molecule has 1 heterocycles. The second-order valence-electron chi connectivity index (χ2n) is 7.18. The molecule has 138 valence electrons. The molecule has 2 fully saturated rings. The summed E-state index contributed by atoms with van der Waals surface area (Å²) >= 11 is 0. The quantitative estimate of drug-likeness (QED) is 0.869. The number of hydrogen-bond donors (Lipinski definition) is 1. The lowest BCUT2D eigenvalue weighted by molar-refractivity contribution is 0.100. The molecule has 4 rings (SSSR count). The maximum atomic E-state index is 13.1. The summed E-state index contributed by atoms with van der Waals surface area (Å²) in [5.41, 5.74) is -0.155. The lowest BCUT2D eigenvalue weighted by Gasteiger charge is -2.24. The summed E-state index contributed by atoms with van der Waals surface area (Å²) in [5.74, 6) is 1.29. The van der Waals surface area contributed by atoms with Gasteiger partial charge in [0.1, 0.15) is 17.5 Å². The Hall–Kier alpha value is -2.44. The first kappa shape index (κ1) is 17.0. The van der Waals surface area contributed by atoms with Crippen LogP contribution in [0.2, 0.25) is 0 Å². The summed E-state index contributed by atoms with van der Waals surface area (Å²) in [6, 6.07) is 7.14. The number of carbonyl (C=O) groups is 1. The zero-order valence-electron chi connectivity index (χ0n) is 14.5. The van der Waals surface area contributed by atoms with Gasteiger partial charge in [0.25, 0.3) is 12.3 Å². The molecule has 2 aliphatic carbocycles. The van der Waals surface area contributed by atoms with Crippen LogP contribution in [0.5, 0.6) is 5.75 Å². The Morgan fingerprint density at radius 1 is 1.31 bits per heavy atom. The molecular weight excluding hydrogens is 340 g/mol. The van der Waals surface area contributed by atoms with Gasteiger partial charge in [-0.3, -0.25) is 9.48 Å². The Morgan fingerprint density at radius 3 is 2.81 bits per heavy atom. The second-order valence-corrected chi connectivity index (χ2v) is 7.18. The van der Waals surface area contributed by atoms with Crippen LogP contribution in [-0.2, 0) is 7.05 Å². The molecule has 0 saturated heterocycles. The van der Waals surface area contributed by atoms with Crippen LogP contribution >= 0.6 is 0 Å². The molecule has 2 aliphatic rings. The van der Waals surface area contributed by atoms with Gasteiger partial charge in [-0.2, -0.15) is 5.10 Å². The number of aryl methyl sites for hydroxylation is 1. The average molecular weight is 361 g/mol. The smallest absolute Gasteiger partial charge is 0.282 e. The van der Waals surface area contributed by atoms with E-state index in [4.69, 9.17) is 4.74 Å². The normalized spacial score (nSPS) is 24.2. The molecule has 0 aliphatic heterocycles. The van der Waals surface area contributed by atoms with Crippen molar-refractivity contribution in [3.8, 4) is 5.75 Å². The number of benzene rings is 1. The highest BCUT2D eigenvalue weighted by molar-refractivity contribution is 6.05. The van der Waals surface area contributed by atoms with Crippen LogP contribution in [0, 0.1) is 11.8 Å². The largest absolute Gasteiger partial charge is 0.488 e. The van der Waals surface area contributed by atoms with Crippen LogP contribution in [0.15, 0.2) is 30.5 Å². The molecular formula is C19H21F2N3O2. The number of nitrogens with one attached hydrogen (secondary N) is 1. The number of rotatable bonds is 5. The first-order chi connectivity index (χ1) is 12.5. The molecule has 0 spiro atoms. The second kappa shape index (κ2) is 6.70. The number of amides is 1. The predicted octanol–water partition coefficient (Wildman–Crippen LogP) is 4.18. The van der Waals surface area contributed by atoms with Gasteiger partial charge in [0.15, 0.2) is 0 Å². The number of anilines is 1. The maximum absolute atomic E-state index is 13.1. The van der Waals surface area contributed by atoms with Gasteiger partial charge >= 0.3 is 0 Å². The number of alkyl halides is 2. The third-order valence-corrected chi connectivity index (χ3v) is 5.40. The number of ether oxygens (including phenoxy) is 1. The Labute approximate surface area is 150 Å². The molecule has 1 aromatic carbocycles. The van der Waals surface area contributed by atoms with E-state index in [9.17, 15) is 13.6 Å². The molecule has 0 radical (unpaired) electrons. The highest BCUT2D eigenvalue weighted by atomic mass is 19.3. The highest BCUT2D eigenvalue weighted by Crippen LogP contribution is 2.46. The lowest BCUT2D eigenvalue weighted by atomic mass is 9.98. The van der Waals surface area contributed by atoms with Crippen LogP contribution in [0.1, 0.15) is 48.2 Å². The molecule has 26 heavy (non-hydrogen) atoms. The Morgan fingerprint density at radius 2 is 2.12 bits per heavy atom. The van der Waals surface area contributed by atoms with Gasteiger partial charge in [-0.1, -0.05) is 12.1 Å². The number of fused-ring (bicyclic) bond motifs is 2. The number of aromatic nitrogens is 2. The molecule has 7 heteroatoms. The van der Waals surface area contributed by atoms with Crippen molar-refractivity contribution < 1.29 is 18.3 Å². The maximum Gasteiger partial charge on any atom is 0.282 e. The van der Waals surface area contributed by atoms with Crippen molar-refractivity contribution in [2.24, 2.45) is 18.9 Å². The van der Waals surface area contributed by atoms with E-state index < -0.39 is 18.0 Å². The molecule has 2 aromatic rings. The minimum absolute atomic E-state index is 0.128. The van der Waals surface area contributed by atoms with Crippen LogP contribution in [0.3, 0.4) is 0 Å². The molecule has 1 amide bonds. The van der Waals surface area contributed by atoms with Gasteiger partial charge in [0, 0.05) is 13.2 Å². The Balaban J connectivity index is 1.52. The van der Waals surface area contributed by atoms with Crippen LogP contribution in [0.4, 0.5) is 14.5 Å². The van der Waals surface area contributed by atoms with E-state index in [0.717, 1.165) is 12.3 Å². The van der Waals surface area contributed by atoms with Crippen LogP contribution < -0.4 is 10.1 Å². The first-order valence-electron chi connectivity index (χ1n) is 8.90. The SMILES string of the molecule is Cn1cc(C(=O)Nc2ccccc2OC2CC3CCC2C3)c(C(F)F)n1. The molecule has 2 saturated carbocycles. The zero-order chi connectivity index (χ0) is 18.3. The summed E-state index contributed by atoms with van der Waals surface area (Å²) in [6.07, 6.45) is 3.39. The van der Waals surface area contributed by atoms with Crippen molar-refractivity contribution in [3.05, 3.63) is 41.7 Å². The molecule has 2 bridgehead atoms. The molecule has 1 aromatic heterocycles. The van der Waals surface area contributed by atoms with E-state index in [0.29, 0.717) is 17.4 Å². The molecule has 3 unspecified atom stereocenters. The molecule has 1 N–H and O–H groups in total. The zero-order valence-corrected chi connectivity index (χ0v) is 14.5. The van der Waals surface area contributed by atoms with E-state index in [1.807, 2.05) is 6.07 Å². The fourth-order valence-electron chi connectivity index (χ4n) is 4.20. The summed E-state index contributed by atoms with van der Waals surface area (Å²) in [4.78, 5) is 12.5. The molecule has 3 atom stereocenters. The number of carbonyl (C=O) groups excluding carboxylic acids is 1. The van der Waals surface area contributed by atoms with Gasteiger partial charge in [0.05, 0.1) is 11.3 Å². The Kier molecular flexibility index (Phi) is 4.38. The van der Waals surface area contributed by atoms with Crippen molar-refractivity contribution in [1.29, 1.82) is 0 Å². The minimum Gasteiger partial charge on any atom is -0.488 e. The van der Waals surface area contributed by atoms with E-state index in [1.54, 1.807) is 18.2 Å². The fourth-order valence-corrected chi connectivity index (χ4v) is 4.20. The third-order valence-electron chi connectivity index (χ3n) is 5.40. The Bertz CT molecular complexity index is 821. The van der Waals surface area contributed by atoms with E-state index >= 15 is 0 Å². The summed E-state index contributed by atoms with van der Waals surface area (Å²) < 4.78 is 33.6. The van der Waals surface area contributed by atoms with Gasteiger partial charge < -0.3 is 10.1 Å². The number of para-hydroxylation sites is 2. The van der Waals surface area contributed by atoms with Crippen molar-refractivity contribution in [2.45, 2.75) is 38.2 Å². The van der Waals surface area contributed by atoms with Crippen LogP contribution in [-0.4, -0.2) is 21.8 Å². The summed E-state index contributed by atoms with van der Waals surface area (Å²) in [5, 5.41) is 6.38. The third kappa shape index (κ3) is 3.18. The van der Waals surface area contributed by atoms with Crippen molar-refractivity contribution >= 4 is 11.6 Å². The number of nitrogens with zero attached hydrogens (tertiary/aromatic N) is 2. The summed E-state index contributed by atoms with van der Waals surface area (Å²) in [6.45, 7) is 0. The van der Waals surface area contributed by atoms with Crippen molar-refractivity contribution in [3.63, 3.8) is 0 Å². The number of hydrogen-bond acceptors (Lipinski definition) is 3. The minimum atomic E-state index is -2.81. The van der Waals surface area contributed by atoms with Gasteiger partial charge in [-0.05, 0) is 49.7 Å². The predicted molar refractivity (Wildman–Crippen MR) is 92.4 cm³/mol. The molecule has 5 nitrogen and oxygen atoms in total. The van der Waals surface area contributed by atoms with Crippen LogP contribution in [0.25, 0.3) is 0 Å². The number of halogens is 2. The van der Waals surface area contributed by atoms with Crippen molar-refractivity contribution in [2.75, 3.05) is 5.32 Å².